The number of hydrogen-bond donors (Lipinski definition) is 0. The number of fused-ring (bicyclic) bond motifs is 2. The summed E-state index contributed by atoms with van der Waals surface area (Å²) in [6.07, 6.45) is -14.0. The van der Waals surface area contributed by atoms with Crippen LogP contribution in [0.25, 0.3) is 64.6 Å². The molecule has 0 fully saturated rings. The van der Waals surface area contributed by atoms with Crippen LogP contribution >= 0.6 is 46.4 Å². The molecule has 0 unspecified atom stereocenters. The number of benzene rings is 5. The van der Waals surface area contributed by atoms with Gasteiger partial charge in [0, 0.05) is 53.9 Å². The summed E-state index contributed by atoms with van der Waals surface area (Å²) in [6.45, 7) is -6.12. The molecule has 0 aliphatic carbocycles. The predicted octanol–water partition coefficient (Wildman–Crippen LogP) is 2.08. The van der Waals surface area contributed by atoms with E-state index in [1.165, 1.54) is 24.3 Å². The SMILES string of the molecule is N#Cc1c(Cl)c2c3c(Cl)c(C#N)c4c(=O)n(CC(F)(F)C(F)(F)C(F)(F)F)c([O-])c5c(C#N)c(Cl)c(c6c(Cl)c(C#N)c7c(=O)n(CC(F)(F)C(F)(F)C(F)(F)F)c([O-])c1c7c26)c3c54.O.O.[Na+].[Na+]. The van der Waals surface area contributed by atoms with Gasteiger partial charge in [-0.25, -0.2) is 0 Å². The fraction of sp³-hybridized carbons (Fsp3) is 0.222. The average Bonchev–Trinajstić information content (AvgIpc) is 3.18. The molecule has 346 valence electrons. The maximum absolute atomic E-state index is 14.8. The maximum Gasteiger partial charge on any atom is 1.00 e. The summed E-state index contributed by atoms with van der Waals surface area (Å²) in [5, 5.41) is 52.7. The van der Waals surface area contributed by atoms with E-state index in [1.807, 2.05) is 0 Å². The molecular weight excluding hydrogens is 1070 g/mol. The molecule has 4 N–H and O–H groups in total. The van der Waals surface area contributed by atoms with E-state index in [0.717, 1.165) is 0 Å². The molecule has 0 bridgehead atoms. The van der Waals surface area contributed by atoms with Gasteiger partial charge < -0.3 is 30.3 Å². The smallest absolute Gasteiger partial charge is 0.859 e. The number of alkyl halides is 14. The summed E-state index contributed by atoms with van der Waals surface area (Å²) in [5.74, 6) is -30.9. The van der Waals surface area contributed by atoms with Crippen molar-refractivity contribution in [2.24, 2.45) is 0 Å². The van der Waals surface area contributed by atoms with E-state index >= 15 is 0 Å². The maximum atomic E-state index is 14.8. The van der Waals surface area contributed by atoms with E-state index < -0.39 is 188 Å². The van der Waals surface area contributed by atoms with Gasteiger partial charge in [-0.3, -0.25) is 9.59 Å². The molecule has 2 heterocycles. The zero-order chi connectivity index (χ0) is 48.3. The Hall–Kier alpha value is -4.26. The van der Waals surface area contributed by atoms with Crippen LogP contribution < -0.4 is 80.4 Å². The predicted molar refractivity (Wildman–Crippen MR) is 199 cm³/mol. The Labute approximate surface area is 428 Å². The molecule has 0 aliphatic rings. The molecule has 32 heteroatoms. The first-order valence-corrected chi connectivity index (χ1v) is 17.9. The second-order valence-electron chi connectivity index (χ2n) is 13.6. The van der Waals surface area contributed by atoms with Crippen LogP contribution in [-0.4, -0.2) is 56.1 Å². The third-order valence-electron chi connectivity index (χ3n) is 10.4. The zero-order valence-corrected chi connectivity index (χ0v) is 39.6. The standard InChI is InChI=1S/C36H6Cl4F14N6O4.2Na.2H2O/c37-23-7(1-55)11-15-12(28(62)59(27(11)61)5-31(41,42)33(45,46)35(49,50)51)8(2-56)25(39)21-17(15)19(23)20-18-16-13(9(3-57)24(20)38)29(63)60(6-32(43,44)34(47,48)36(52,53)54)30(64)14(16)10(4-58)26(40)22(18)21;;;;/h61,64H,5-6H2;;;2*1H2/q;2*+1;;/p-2. The normalized spacial score (nSPS) is 12.7. The third-order valence-corrected chi connectivity index (χ3v) is 11.9. The van der Waals surface area contributed by atoms with Gasteiger partial charge in [-0.1, -0.05) is 46.4 Å². The van der Waals surface area contributed by atoms with Gasteiger partial charge in [0.05, 0.1) is 66.2 Å². The monoisotopic (exact) mass is 1070 g/mol. The van der Waals surface area contributed by atoms with Gasteiger partial charge in [-0.15, -0.1) is 0 Å². The Morgan fingerprint density at radius 1 is 0.412 bits per heavy atom. The van der Waals surface area contributed by atoms with Crippen molar-refractivity contribution in [1.29, 1.82) is 21.0 Å². The van der Waals surface area contributed by atoms with Crippen molar-refractivity contribution in [3.63, 3.8) is 0 Å². The van der Waals surface area contributed by atoms with Gasteiger partial charge >= 0.3 is 95.2 Å². The van der Waals surface area contributed by atoms with Gasteiger partial charge in [0.15, 0.2) is 0 Å². The molecule has 2 aromatic heterocycles. The van der Waals surface area contributed by atoms with E-state index in [4.69, 9.17) is 46.4 Å². The fourth-order valence-electron chi connectivity index (χ4n) is 7.61. The van der Waals surface area contributed by atoms with Crippen LogP contribution in [0.5, 0.6) is 11.8 Å². The van der Waals surface area contributed by atoms with Gasteiger partial charge in [0.2, 0.25) is 0 Å². The van der Waals surface area contributed by atoms with Crippen molar-refractivity contribution >= 4 is 111 Å². The summed E-state index contributed by atoms with van der Waals surface area (Å²) in [7, 11) is 0. The molecule has 68 heavy (non-hydrogen) atoms. The van der Waals surface area contributed by atoms with E-state index in [1.54, 1.807) is 0 Å². The summed E-state index contributed by atoms with van der Waals surface area (Å²) >= 11 is 26.6. The number of hydrogen-bond acceptors (Lipinski definition) is 8. The van der Waals surface area contributed by atoms with Crippen LogP contribution in [0.3, 0.4) is 0 Å². The molecule has 12 nitrogen and oxygen atoms in total. The summed E-state index contributed by atoms with van der Waals surface area (Å²) in [6, 6.07) is 5.35. The molecule has 0 atom stereocenters. The Morgan fingerprint density at radius 3 is 0.824 bits per heavy atom. The average molecular weight is 1070 g/mol. The van der Waals surface area contributed by atoms with Crippen LogP contribution in [0.2, 0.25) is 20.1 Å². The second-order valence-corrected chi connectivity index (χ2v) is 15.2. The van der Waals surface area contributed by atoms with Crippen molar-refractivity contribution in [2.45, 2.75) is 49.1 Å². The molecule has 0 aliphatic heterocycles. The summed E-state index contributed by atoms with van der Waals surface area (Å²) in [5.41, 5.74) is -9.39. The summed E-state index contributed by atoms with van der Waals surface area (Å²) in [4.78, 5) is 28.0. The van der Waals surface area contributed by atoms with Crippen LogP contribution in [0, 0.1) is 45.3 Å². The molecule has 7 aromatic rings. The Bertz CT molecular complexity index is 3380. The number of nitrogens with zero attached hydrogens (tertiary/aromatic N) is 6. The van der Waals surface area contributed by atoms with Gasteiger partial charge in [0.25, 0.3) is 11.1 Å². The number of pyridine rings is 2. The molecule has 0 radical (unpaired) electrons. The minimum Gasteiger partial charge on any atom is -0.859 e. The molecule has 0 spiro atoms. The number of halogens is 18. The Morgan fingerprint density at radius 2 is 0.618 bits per heavy atom. The van der Waals surface area contributed by atoms with E-state index in [-0.39, 0.29) is 70.1 Å². The first-order valence-electron chi connectivity index (χ1n) is 16.3. The Kier molecular flexibility index (Phi) is 15.2. The van der Waals surface area contributed by atoms with E-state index in [0.29, 0.717) is 0 Å². The van der Waals surface area contributed by atoms with E-state index in [2.05, 4.69) is 0 Å². The van der Waals surface area contributed by atoms with Gasteiger partial charge in [0.1, 0.15) is 24.3 Å². The van der Waals surface area contributed by atoms with Gasteiger partial charge in [-0.05, 0) is 11.8 Å². The number of aromatic nitrogens is 2. The summed E-state index contributed by atoms with van der Waals surface area (Å²) < 4.78 is 193. The second kappa shape index (κ2) is 17.9. The first kappa shape index (κ1) is 58.1. The molecule has 0 saturated carbocycles. The minimum absolute atomic E-state index is 0. The van der Waals surface area contributed by atoms with Crippen molar-refractivity contribution < 1.29 is 142 Å². The van der Waals surface area contributed by atoms with E-state index in [9.17, 15) is 102 Å². The molecular formula is C36H8Cl4F14N6Na2O6. The molecule has 5 aromatic carbocycles. The molecule has 0 saturated heterocycles. The van der Waals surface area contributed by atoms with Gasteiger partial charge in [-0.2, -0.15) is 82.5 Å². The van der Waals surface area contributed by atoms with Crippen LogP contribution in [0.15, 0.2) is 9.59 Å². The van der Waals surface area contributed by atoms with Crippen molar-refractivity contribution in [3.05, 3.63) is 63.1 Å². The first-order chi connectivity index (χ1) is 29.3. The van der Waals surface area contributed by atoms with Crippen molar-refractivity contribution in [2.75, 3.05) is 0 Å². The number of rotatable bonds is 6. The zero-order valence-electron chi connectivity index (χ0n) is 32.5. The number of nitriles is 4. The Balaban J connectivity index is 0.00000306. The third kappa shape index (κ3) is 7.21. The minimum atomic E-state index is -6.99. The molecule has 0 amide bonds. The fourth-order valence-corrected chi connectivity index (χ4v) is 8.92. The quantitative estimate of drug-likeness (QED) is 0.103. The van der Waals surface area contributed by atoms with Crippen LogP contribution in [-0.2, 0) is 13.1 Å². The topological polar surface area (TPSA) is 248 Å². The van der Waals surface area contributed by atoms with Crippen LogP contribution in [0.1, 0.15) is 22.3 Å². The van der Waals surface area contributed by atoms with Crippen molar-refractivity contribution in [1.82, 2.24) is 9.13 Å². The van der Waals surface area contributed by atoms with Crippen molar-refractivity contribution in [3.8, 4) is 36.0 Å². The largest absolute Gasteiger partial charge is 1.00 e. The van der Waals surface area contributed by atoms with Crippen LogP contribution in [0.4, 0.5) is 61.5 Å². The molecule has 7 rings (SSSR count).